The standard InChI is InChI=1S/C23H20N4O3/c28-21(15-27-22(29)17-6-2-3-7-18(17)23(27)30)26-13-11-25(12-14-26)20-10-9-16-5-1-4-8-19(16)24-20/h1-10H,11-15H2. The summed E-state index contributed by atoms with van der Waals surface area (Å²) in [5.74, 6) is -0.123. The first-order valence-corrected chi connectivity index (χ1v) is 9.95. The van der Waals surface area contributed by atoms with E-state index in [1.54, 1.807) is 29.2 Å². The molecular formula is C23H20N4O3. The third-order valence-electron chi connectivity index (χ3n) is 5.71. The van der Waals surface area contributed by atoms with Gasteiger partial charge in [-0.1, -0.05) is 30.3 Å². The van der Waals surface area contributed by atoms with Crippen LogP contribution >= 0.6 is 0 Å². The van der Waals surface area contributed by atoms with Crippen LogP contribution < -0.4 is 4.90 Å². The van der Waals surface area contributed by atoms with Crippen LogP contribution in [-0.4, -0.2) is 65.2 Å². The summed E-state index contributed by atoms with van der Waals surface area (Å²) in [7, 11) is 0. The van der Waals surface area contributed by atoms with Gasteiger partial charge in [0.1, 0.15) is 12.4 Å². The lowest BCUT2D eigenvalue weighted by Crippen LogP contribution is -2.52. The lowest BCUT2D eigenvalue weighted by Gasteiger charge is -2.36. The van der Waals surface area contributed by atoms with E-state index in [1.165, 1.54) is 0 Å². The molecule has 2 aromatic carbocycles. The van der Waals surface area contributed by atoms with Gasteiger partial charge in [0.05, 0.1) is 16.6 Å². The number of carbonyl (C=O) groups is 3. The molecule has 30 heavy (non-hydrogen) atoms. The van der Waals surface area contributed by atoms with Crippen molar-refractivity contribution < 1.29 is 14.4 Å². The third kappa shape index (κ3) is 3.08. The van der Waals surface area contributed by atoms with Gasteiger partial charge in [0, 0.05) is 31.6 Å². The number of nitrogens with zero attached hydrogens (tertiary/aromatic N) is 4. The summed E-state index contributed by atoms with van der Waals surface area (Å²) in [6.07, 6.45) is 0. The van der Waals surface area contributed by atoms with E-state index in [4.69, 9.17) is 4.98 Å². The van der Waals surface area contributed by atoms with Crippen molar-refractivity contribution >= 4 is 34.4 Å². The minimum atomic E-state index is -0.400. The van der Waals surface area contributed by atoms with Gasteiger partial charge in [-0.25, -0.2) is 4.98 Å². The molecule has 0 radical (unpaired) electrons. The summed E-state index contributed by atoms with van der Waals surface area (Å²) >= 11 is 0. The second-order valence-corrected chi connectivity index (χ2v) is 7.47. The Labute approximate surface area is 173 Å². The largest absolute Gasteiger partial charge is 0.353 e. The van der Waals surface area contributed by atoms with Gasteiger partial charge < -0.3 is 9.80 Å². The molecule has 0 saturated carbocycles. The molecule has 1 saturated heterocycles. The van der Waals surface area contributed by atoms with E-state index >= 15 is 0 Å². The van der Waals surface area contributed by atoms with Crippen molar-refractivity contribution in [1.82, 2.24) is 14.8 Å². The SMILES string of the molecule is O=C(CN1C(=O)c2ccccc2C1=O)N1CCN(c2ccc3ccccc3n2)CC1. The number of carbonyl (C=O) groups excluding carboxylic acids is 3. The number of piperazine rings is 1. The van der Waals surface area contributed by atoms with Crippen LogP contribution in [0.3, 0.4) is 0 Å². The Morgan fingerprint density at radius 3 is 2.13 bits per heavy atom. The molecule has 0 bridgehead atoms. The summed E-state index contributed by atoms with van der Waals surface area (Å²) in [6, 6.07) is 18.7. The average Bonchev–Trinajstić information content (AvgIpc) is 3.04. The van der Waals surface area contributed by atoms with Gasteiger partial charge in [0.15, 0.2) is 0 Å². The van der Waals surface area contributed by atoms with Crippen LogP contribution in [0.1, 0.15) is 20.7 Å². The zero-order valence-corrected chi connectivity index (χ0v) is 16.3. The Bertz CT molecular complexity index is 1130. The Morgan fingerprint density at radius 1 is 0.800 bits per heavy atom. The summed E-state index contributed by atoms with van der Waals surface area (Å²) in [6.45, 7) is 2.13. The van der Waals surface area contributed by atoms with Crippen molar-refractivity contribution in [3.8, 4) is 0 Å². The number of rotatable bonds is 3. The molecule has 0 spiro atoms. The normalized spacial score (nSPS) is 16.3. The molecule has 1 fully saturated rings. The summed E-state index contributed by atoms with van der Waals surface area (Å²) in [5.41, 5.74) is 1.67. The number of aromatic nitrogens is 1. The van der Waals surface area contributed by atoms with Gasteiger partial charge in [0.25, 0.3) is 11.8 Å². The van der Waals surface area contributed by atoms with Crippen LogP contribution in [0.2, 0.25) is 0 Å². The van der Waals surface area contributed by atoms with Crippen LogP contribution in [0.25, 0.3) is 10.9 Å². The lowest BCUT2D eigenvalue weighted by atomic mass is 10.1. The quantitative estimate of drug-likeness (QED) is 0.630. The zero-order chi connectivity index (χ0) is 20.7. The second kappa shape index (κ2) is 7.26. The van der Waals surface area contributed by atoms with Gasteiger partial charge in [-0.3, -0.25) is 19.3 Å². The van der Waals surface area contributed by atoms with Crippen molar-refractivity contribution in [2.45, 2.75) is 0 Å². The van der Waals surface area contributed by atoms with Crippen LogP contribution in [0.5, 0.6) is 0 Å². The molecule has 2 aliphatic rings. The molecule has 0 aliphatic carbocycles. The number of fused-ring (bicyclic) bond motifs is 2. The molecule has 150 valence electrons. The first-order chi connectivity index (χ1) is 14.6. The third-order valence-corrected chi connectivity index (χ3v) is 5.71. The maximum Gasteiger partial charge on any atom is 0.262 e. The fraction of sp³-hybridized carbons (Fsp3) is 0.217. The van der Waals surface area contributed by atoms with E-state index < -0.39 is 11.8 Å². The van der Waals surface area contributed by atoms with Crippen molar-refractivity contribution in [3.63, 3.8) is 0 Å². The van der Waals surface area contributed by atoms with Crippen LogP contribution in [0.4, 0.5) is 5.82 Å². The molecule has 3 aromatic rings. The molecule has 5 rings (SSSR count). The highest BCUT2D eigenvalue weighted by atomic mass is 16.2. The monoisotopic (exact) mass is 400 g/mol. The Kier molecular flexibility index (Phi) is 4.43. The first kappa shape index (κ1) is 18.3. The van der Waals surface area contributed by atoms with Crippen molar-refractivity contribution in [1.29, 1.82) is 0 Å². The summed E-state index contributed by atoms with van der Waals surface area (Å²) < 4.78 is 0. The number of benzene rings is 2. The van der Waals surface area contributed by atoms with Gasteiger partial charge >= 0.3 is 0 Å². The number of pyridine rings is 1. The maximum atomic E-state index is 12.8. The molecule has 3 heterocycles. The van der Waals surface area contributed by atoms with Gasteiger partial charge in [-0.05, 0) is 30.3 Å². The molecule has 1 aromatic heterocycles. The molecule has 0 atom stereocenters. The van der Waals surface area contributed by atoms with E-state index in [0.29, 0.717) is 37.3 Å². The number of anilines is 1. The minimum Gasteiger partial charge on any atom is -0.353 e. The number of amides is 3. The van der Waals surface area contributed by atoms with Crippen molar-refractivity contribution in [2.75, 3.05) is 37.6 Å². The minimum absolute atomic E-state index is 0.212. The molecule has 7 nitrogen and oxygen atoms in total. The fourth-order valence-electron chi connectivity index (χ4n) is 4.03. The van der Waals surface area contributed by atoms with Gasteiger partial charge in [-0.2, -0.15) is 0 Å². The summed E-state index contributed by atoms with van der Waals surface area (Å²) in [5, 5.41) is 1.09. The van der Waals surface area contributed by atoms with Gasteiger partial charge in [0.2, 0.25) is 5.91 Å². The highest BCUT2D eigenvalue weighted by molar-refractivity contribution is 6.22. The topological polar surface area (TPSA) is 73.8 Å². The highest BCUT2D eigenvalue weighted by Gasteiger charge is 2.37. The van der Waals surface area contributed by atoms with Crippen molar-refractivity contribution in [2.24, 2.45) is 0 Å². The van der Waals surface area contributed by atoms with E-state index in [9.17, 15) is 14.4 Å². The average molecular weight is 400 g/mol. The van der Waals surface area contributed by atoms with Gasteiger partial charge in [-0.15, -0.1) is 0 Å². The van der Waals surface area contributed by atoms with E-state index in [-0.39, 0.29) is 12.5 Å². The fourth-order valence-corrected chi connectivity index (χ4v) is 4.03. The van der Waals surface area contributed by atoms with Crippen LogP contribution in [-0.2, 0) is 4.79 Å². The first-order valence-electron chi connectivity index (χ1n) is 9.95. The van der Waals surface area contributed by atoms with Crippen LogP contribution in [0, 0.1) is 0 Å². The predicted octanol–water partition coefficient (Wildman–Crippen LogP) is 2.18. The molecule has 0 N–H and O–H groups in total. The highest BCUT2D eigenvalue weighted by Crippen LogP contribution is 2.23. The van der Waals surface area contributed by atoms with Crippen LogP contribution in [0.15, 0.2) is 60.7 Å². The lowest BCUT2D eigenvalue weighted by molar-refractivity contribution is -0.131. The number of para-hydroxylation sites is 1. The second-order valence-electron chi connectivity index (χ2n) is 7.47. The Balaban J connectivity index is 1.23. The summed E-state index contributed by atoms with van der Waals surface area (Å²) in [4.78, 5) is 47.4. The maximum absolute atomic E-state index is 12.8. The number of hydrogen-bond donors (Lipinski definition) is 0. The van der Waals surface area contributed by atoms with E-state index in [0.717, 1.165) is 21.6 Å². The Hall–Kier alpha value is -3.74. The van der Waals surface area contributed by atoms with Crippen molar-refractivity contribution in [3.05, 3.63) is 71.8 Å². The molecular weight excluding hydrogens is 380 g/mol. The predicted molar refractivity (Wildman–Crippen MR) is 112 cm³/mol. The number of imide groups is 1. The Morgan fingerprint density at radius 2 is 1.43 bits per heavy atom. The zero-order valence-electron chi connectivity index (χ0n) is 16.3. The number of hydrogen-bond acceptors (Lipinski definition) is 5. The van der Waals surface area contributed by atoms with E-state index in [1.807, 2.05) is 30.3 Å². The molecule has 7 heteroatoms. The molecule has 3 amide bonds. The molecule has 0 unspecified atom stereocenters. The molecule has 2 aliphatic heterocycles. The smallest absolute Gasteiger partial charge is 0.262 e. The van der Waals surface area contributed by atoms with E-state index in [2.05, 4.69) is 11.0 Å².